The van der Waals surface area contributed by atoms with E-state index in [0.717, 1.165) is 23.5 Å². The minimum atomic E-state index is 0.558. The minimum Gasteiger partial charge on any atom is -0.383 e. The topological polar surface area (TPSA) is 62.0 Å². The summed E-state index contributed by atoms with van der Waals surface area (Å²) >= 11 is 0. The highest BCUT2D eigenvalue weighted by molar-refractivity contribution is 5.72. The molecule has 0 saturated carbocycles. The van der Waals surface area contributed by atoms with Crippen molar-refractivity contribution in [3.05, 3.63) is 53.5 Å². The first-order chi connectivity index (χ1) is 10.7. The van der Waals surface area contributed by atoms with Gasteiger partial charge in [-0.15, -0.1) is 0 Å². The number of likely N-dealkylation sites (N-methyl/N-ethyl adjacent to an activating group) is 1. The van der Waals surface area contributed by atoms with Crippen LogP contribution in [0.4, 0.5) is 5.82 Å². The fourth-order valence-corrected chi connectivity index (χ4v) is 1.89. The zero-order valence-corrected chi connectivity index (χ0v) is 12.7. The van der Waals surface area contributed by atoms with Crippen LogP contribution in [0.15, 0.2) is 36.8 Å². The van der Waals surface area contributed by atoms with Crippen molar-refractivity contribution in [1.29, 1.82) is 5.26 Å². The molecule has 5 nitrogen and oxygen atoms in total. The molecule has 2 aromatic rings. The first-order valence-corrected chi connectivity index (χ1v) is 6.93. The van der Waals surface area contributed by atoms with E-state index in [1.165, 1.54) is 0 Å². The van der Waals surface area contributed by atoms with Gasteiger partial charge in [-0.1, -0.05) is 12.2 Å². The van der Waals surface area contributed by atoms with Crippen LogP contribution in [0, 0.1) is 11.3 Å². The number of nitriles is 1. The number of hydrogen-bond acceptors (Lipinski definition) is 5. The molecule has 2 heterocycles. The molecule has 0 saturated heterocycles. The van der Waals surface area contributed by atoms with Crippen LogP contribution in [0.5, 0.6) is 0 Å². The van der Waals surface area contributed by atoms with E-state index in [1.807, 2.05) is 48.5 Å². The van der Waals surface area contributed by atoms with Gasteiger partial charge in [0.25, 0.3) is 0 Å². The van der Waals surface area contributed by atoms with Crippen molar-refractivity contribution < 1.29 is 4.74 Å². The third-order valence-corrected chi connectivity index (χ3v) is 3.22. The number of hydrogen-bond donors (Lipinski definition) is 0. The summed E-state index contributed by atoms with van der Waals surface area (Å²) in [6.07, 6.45) is 8.87. The number of nitrogens with zero attached hydrogens (tertiary/aromatic N) is 4. The Kier molecular flexibility index (Phi) is 5.64. The minimum absolute atomic E-state index is 0.558. The van der Waals surface area contributed by atoms with Crippen molar-refractivity contribution in [3.63, 3.8) is 0 Å². The Labute approximate surface area is 130 Å². The third kappa shape index (κ3) is 4.14. The number of ether oxygens (including phenoxy) is 1. The van der Waals surface area contributed by atoms with Gasteiger partial charge < -0.3 is 9.64 Å². The van der Waals surface area contributed by atoms with Crippen molar-refractivity contribution in [3.8, 4) is 6.07 Å². The zero-order valence-electron chi connectivity index (χ0n) is 12.7. The Morgan fingerprint density at radius 3 is 2.82 bits per heavy atom. The molecule has 0 radical (unpaired) electrons. The predicted octanol–water partition coefficient (Wildman–Crippen LogP) is 2.60. The number of aromatic nitrogens is 2. The number of pyridine rings is 2. The van der Waals surface area contributed by atoms with Crippen LogP contribution in [0.25, 0.3) is 12.2 Å². The van der Waals surface area contributed by atoms with Crippen LogP contribution < -0.4 is 4.90 Å². The molecule has 0 atom stereocenters. The summed E-state index contributed by atoms with van der Waals surface area (Å²) in [6.45, 7) is 1.46. The van der Waals surface area contributed by atoms with E-state index < -0.39 is 0 Å². The molecular formula is C17H18N4O. The van der Waals surface area contributed by atoms with E-state index in [1.54, 1.807) is 19.5 Å². The Hall–Kier alpha value is -2.71. The predicted molar refractivity (Wildman–Crippen MR) is 87.3 cm³/mol. The maximum absolute atomic E-state index is 9.03. The van der Waals surface area contributed by atoms with Crippen LogP contribution in [-0.4, -0.2) is 37.3 Å². The highest BCUT2D eigenvalue weighted by Gasteiger charge is 2.01. The van der Waals surface area contributed by atoms with Gasteiger partial charge in [0.2, 0.25) is 0 Å². The Bertz CT molecular complexity index is 674. The second-order valence-electron chi connectivity index (χ2n) is 4.77. The van der Waals surface area contributed by atoms with Crippen molar-refractivity contribution in [2.45, 2.75) is 0 Å². The summed E-state index contributed by atoms with van der Waals surface area (Å²) < 4.78 is 5.06. The van der Waals surface area contributed by atoms with Gasteiger partial charge in [-0.3, -0.25) is 4.98 Å². The lowest BCUT2D eigenvalue weighted by Gasteiger charge is -2.17. The Balaban J connectivity index is 2.08. The van der Waals surface area contributed by atoms with Crippen LogP contribution >= 0.6 is 0 Å². The fourth-order valence-electron chi connectivity index (χ4n) is 1.89. The lowest BCUT2D eigenvalue weighted by molar-refractivity contribution is 0.206. The summed E-state index contributed by atoms with van der Waals surface area (Å²) in [5.41, 5.74) is 2.38. The number of methoxy groups -OCH3 is 1. The van der Waals surface area contributed by atoms with Gasteiger partial charge in [0.05, 0.1) is 12.2 Å². The van der Waals surface area contributed by atoms with Crippen molar-refractivity contribution in [2.24, 2.45) is 0 Å². The van der Waals surface area contributed by atoms with Gasteiger partial charge in [0.15, 0.2) is 0 Å². The largest absolute Gasteiger partial charge is 0.383 e. The van der Waals surface area contributed by atoms with Crippen LogP contribution in [-0.2, 0) is 4.74 Å². The Morgan fingerprint density at radius 1 is 1.27 bits per heavy atom. The maximum Gasteiger partial charge on any atom is 0.128 e. The SMILES string of the molecule is COCCN(C)c1ccc(/C=C/c2ccncc2C#N)cn1. The quantitative estimate of drug-likeness (QED) is 0.819. The summed E-state index contributed by atoms with van der Waals surface area (Å²) in [5, 5.41) is 9.03. The van der Waals surface area contributed by atoms with Gasteiger partial charge >= 0.3 is 0 Å². The van der Waals surface area contributed by atoms with Crippen LogP contribution in [0.3, 0.4) is 0 Å². The van der Waals surface area contributed by atoms with Gasteiger partial charge in [-0.25, -0.2) is 4.98 Å². The first kappa shape index (κ1) is 15.7. The summed E-state index contributed by atoms with van der Waals surface area (Å²) in [4.78, 5) is 10.4. The van der Waals surface area contributed by atoms with Gasteiger partial charge in [-0.2, -0.15) is 5.26 Å². The summed E-state index contributed by atoms with van der Waals surface area (Å²) in [7, 11) is 3.66. The van der Waals surface area contributed by atoms with E-state index in [4.69, 9.17) is 10.00 Å². The molecule has 22 heavy (non-hydrogen) atoms. The molecule has 0 N–H and O–H groups in total. The van der Waals surface area contributed by atoms with Crippen molar-refractivity contribution >= 4 is 18.0 Å². The summed E-state index contributed by atoms with van der Waals surface area (Å²) in [5.74, 6) is 0.899. The smallest absolute Gasteiger partial charge is 0.128 e. The molecule has 0 aromatic carbocycles. The van der Waals surface area contributed by atoms with Crippen molar-refractivity contribution in [2.75, 3.05) is 32.2 Å². The molecule has 112 valence electrons. The zero-order chi connectivity index (χ0) is 15.8. The molecule has 0 amide bonds. The fraction of sp³-hybridized carbons (Fsp3) is 0.235. The van der Waals surface area contributed by atoms with Gasteiger partial charge in [0, 0.05) is 39.3 Å². The molecule has 2 aromatic heterocycles. The molecule has 0 aliphatic carbocycles. The summed E-state index contributed by atoms with van der Waals surface area (Å²) in [6, 6.07) is 7.90. The van der Waals surface area contributed by atoms with E-state index in [-0.39, 0.29) is 0 Å². The van der Waals surface area contributed by atoms with Gasteiger partial charge in [-0.05, 0) is 29.3 Å². The average Bonchev–Trinajstić information content (AvgIpc) is 2.58. The second kappa shape index (κ2) is 7.91. The van der Waals surface area contributed by atoms with E-state index >= 15 is 0 Å². The Morgan fingerprint density at radius 2 is 2.14 bits per heavy atom. The molecule has 5 heteroatoms. The molecule has 0 spiro atoms. The standard InChI is InChI=1S/C17H18N4O/c1-21(9-10-22-2)17-6-4-14(12-20-17)3-5-15-7-8-19-13-16(15)11-18/h3-8,12-13H,9-10H2,1-2H3/b5-3+. The molecule has 0 fully saturated rings. The number of anilines is 1. The first-order valence-electron chi connectivity index (χ1n) is 6.93. The lowest BCUT2D eigenvalue weighted by atomic mass is 10.1. The molecule has 2 rings (SSSR count). The number of rotatable bonds is 6. The van der Waals surface area contributed by atoms with E-state index in [9.17, 15) is 0 Å². The average molecular weight is 294 g/mol. The molecule has 0 bridgehead atoms. The third-order valence-electron chi connectivity index (χ3n) is 3.22. The normalized spacial score (nSPS) is 10.6. The van der Waals surface area contributed by atoms with E-state index in [2.05, 4.69) is 16.0 Å². The van der Waals surface area contributed by atoms with Crippen LogP contribution in [0.2, 0.25) is 0 Å². The highest BCUT2D eigenvalue weighted by atomic mass is 16.5. The molecular weight excluding hydrogens is 276 g/mol. The maximum atomic E-state index is 9.03. The van der Waals surface area contributed by atoms with Crippen LogP contribution in [0.1, 0.15) is 16.7 Å². The lowest BCUT2D eigenvalue weighted by Crippen LogP contribution is -2.22. The van der Waals surface area contributed by atoms with E-state index in [0.29, 0.717) is 12.2 Å². The molecule has 0 aliphatic heterocycles. The molecule has 0 aliphatic rings. The van der Waals surface area contributed by atoms with Gasteiger partial charge in [0.1, 0.15) is 11.9 Å². The van der Waals surface area contributed by atoms with Crippen molar-refractivity contribution in [1.82, 2.24) is 9.97 Å². The molecule has 0 unspecified atom stereocenters. The second-order valence-corrected chi connectivity index (χ2v) is 4.77. The monoisotopic (exact) mass is 294 g/mol. The highest BCUT2D eigenvalue weighted by Crippen LogP contribution is 2.13.